The monoisotopic (exact) mass is 404 g/mol. The number of likely N-dealkylation sites (tertiary alicyclic amines) is 1. The number of halogens is 3. The van der Waals surface area contributed by atoms with Crippen LogP contribution in [0.1, 0.15) is 12.0 Å². The average molecular weight is 404 g/mol. The van der Waals surface area contributed by atoms with Gasteiger partial charge in [0.05, 0.1) is 12.2 Å². The predicted octanol–water partition coefficient (Wildman–Crippen LogP) is 3.18. The molecule has 154 valence electrons. The Bertz CT molecular complexity index is 889. The SMILES string of the molecule is CN=C(NCC(=O)Nc1ccc(F)c(F)c1F)N1CCC(Cc2ccccc2)C1. The molecule has 0 saturated carbocycles. The van der Waals surface area contributed by atoms with Gasteiger partial charge in [-0.15, -0.1) is 0 Å². The summed E-state index contributed by atoms with van der Waals surface area (Å²) in [5.41, 5.74) is 0.880. The molecule has 2 N–H and O–H groups in total. The van der Waals surface area contributed by atoms with Crippen molar-refractivity contribution < 1.29 is 18.0 Å². The lowest BCUT2D eigenvalue weighted by molar-refractivity contribution is -0.115. The minimum absolute atomic E-state index is 0.176. The summed E-state index contributed by atoms with van der Waals surface area (Å²) in [4.78, 5) is 18.3. The number of guanidine groups is 1. The first-order chi connectivity index (χ1) is 14.0. The fourth-order valence-corrected chi connectivity index (χ4v) is 3.45. The molecule has 0 aromatic heterocycles. The molecule has 1 unspecified atom stereocenters. The summed E-state index contributed by atoms with van der Waals surface area (Å²) in [7, 11) is 1.62. The number of benzene rings is 2. The molecule has 1 aliphatic rings. The molecule has 2 aromatic carbocycles. The number of aliphatic imine (C=N–C) groups is 1. The van der Waals surface area contributed by atoms with E-state index >= 15 is 0 Å². The van der Waals surface area contributed by atoms with Crippen molar-refractivity contribution in [1.82, 2.24) is 10.2 Å². The molecular formula is C21H23F3N4O. The Morgan fingerprint density at radius 1 is 1.14 bits per heavy atom. The van der Waals surface area contributed by atoms with Crippen molar-refractivity contribution in [1.29, 1.82) is 0 Å². The number of nitrogens with one attached hydrogen (secondary N) is 2. The van der Waals surface area contributed by atoms with E-state index in [2.05, 4.69) is 32.7 Å². The molecule has 1 saturated heterocycles. The van der Waals surface area contributed by atoms with Gasteiger partial charge in [-0.2, -0.15) is 0 Å². The predicted molar refractivity (Wildman–Crippen MR) is 106 cm³/mol. The number of hydrogen-bond donors (Lipinski definition) is 2. The maximum atomic E-state index is 13.7. The van der Waals surface area contributed by atoms with Crippen molar-refractivity contribution in [2.75, 3.05) is 32.0 Å². The Morgan fingerprint density at radius 3 is 2.62 bits per heavy atom. The van der Waals surface area contributed by atoms with E-state index < -0.39 is 29.0 Å². The van der Waals surface area contributed by atoms with Gasteiger partial charge >= 0.3 is 0 Å². The minimum atomic E-state index is -1.62. The largest absolute Gasteiger partial charge is 0.347 e. The van der Waals surface area contributed by atoms with E-state index in [9.17, 15) is 18.0 Å². The normalized spacial score (nSPS) is 16.8. The fraction of sp³-hybridized carbons (Fsp3) is 0.333. The Balaban J connectivity index is 1.50. The lowest BCUT2D eigenvalue weighted by atomic mass is 9.99. The van der Waals surface area contributed by atoms with Crippen LogP contribution < -0.4 is 10.6 Å². The van der Waals surface area contributed by atoms with Gasteiger partial charge in [0, 0.05) is 20.1 Å². The smallest absolute Gasteiger partial charge is 0.243 e. The molecule has 1 atom stereocenters. The van der Waals surface area contributed by atoms with Crippen LogP contribution in [0.4, 0.5) is 18.9 Å². The number of anilines is 1. The summed E-state index contributed by atoms with van der Waals surface area (Å²) in [6.45, 7) is 1.45. The summed E-state index contributed by atoms with van der Waals surface area (Å²) < 4.78 is 39.9. The van der Waals surface area contributed by atoms with Crippen molar-refractivity contribution in [2.24, 2.45) is 10.9 Å². The summed E-state index contributed by atoms with van der Waals surface area (Å²) in [5.74, 6) is -3.88. The van der Waals surface area contributed by atoms with E-state index in [-0.39, 0.29) is 6.54 Å². The van der Waals surface area contributed by atoms with Gasteiger partial charge in [0.1, 0.15) is 0 Å². The molecule has 0 radical (unpaired) electrons. The summed E-state index contributed by atoms with van der Waals surface area (Å²) in [6.07, 6.45) is 1.99. The molecular weight excluding hydrogens is 381 g/mol. The van der Waals surface area contributed by atoms with Crippen molar-refractivity contribution in [3.8, 4) is 0 Å². The van der Waals surface area contributed by atoms with E-state index in [1.165, 1.54) is 5.56 Å². The van der Waals surface area contributed by atoms with Crippen LogP contribution in [0.3, 0.4) is 0 Å². The molecule has 2 aromatic rings. The second kappa shape index (κ2) is 9.45. The average Bonchev–Trinajstić information content (AvgIpc) is 3.18. The molecule has 3 rings (SSSR count). The maximum absolute atomic E-state index is 13.7. The van der Waals surface area contributed by atoms with Crippen LogP contribution in [0.15, 0.2) is 47.5 Å². The molecule has 1 aliphatic heterocycles. The summed E-state index contributed by atoms with van der Waals surface area (Å²) >= 11 is 0. The lowest BCUT2D eigenvalue weighted by Crippen LogP contribution is -2.43. The van der Waals surface area contributed by atoms with Gasteiger partial charge in [0.15, 0.2) is 23.4 Å². The number of amides is 1. The number of hydrogen-bond acceptors (Lipinski definition) is 2. The van der Waals surface area contributed by atoms with E-state index in [0.717, 1.165) is 38.1 Å². The standard InChI is InChI=1S/C21H23F3N4O/c1-25-21(28-10-9-15(13-28)11-14-5-3-2-4-6-14)26-12-18(29)27-17-8-7-16(22)19(23)20(17)24/h2-8,15H,9-13H2,1H3,(H,25,26)(H,27,29). The number of carbonyl (C=O) groups is 1. The topological polar surface area (TPSA) is 56.7 Å². The van der Waals surface area contributed by atoms with Gasteiger partial charge in [-0.3, -0.25) is 9.79 Å². The Morgan fingerprint density at radius 2 is 1.90 bits per heavy atom. The zero-order valence-corrected chi connectivity index (χ0v) is 16.1. The third-order valence-corrected chi connectivity index (χ3v) is 4.88. The van der Waals surface area contributed by atoms with E-state index in [1.807, 2.05) is 18.2 Å². The zero-order valence-electron chi connectivity index (χ0n) is 16.1. The van der Waals surface area contributed by atoms with Crippen LogP contribution in [0.25, 0.3) is 0 Å². The van der Waals surface area contributed by atoms with Gasteiger partial charge in [-0.05, 0) is 36.5 Å². The first-order valence-electron chi connectivity index (χ1n) is 9.40. The molecule has 1 amide bonds. The van der Waals surface area contributed by atoms with Crippen molar-refractivity contribution in [2.45, 2.75) is 12.8 Å². The highest BCUT2D eigenvalue weighted by atomic mass is 19.2. The summed E-state index contributed by atoms with van der Waals surface area (Å²) in [6, 6.07) is 12.0. The van der Waals surface area contributed by atoms with Gasteiger partial charge in [0.25, 0.3) is 0 Å². The van der Waals surface area contributed by atoms with E-state index in [0.29, 0.717) is 11.9 Å². The van der Waals surface area contributed by atoms with Crippen molar-refractivity contribution in [3.05, 3.63) is 65.5 Å². The van der Waals surface area contributed by atoms with Gasteiger partial charge in [0.2, 0.25) is 5.91 Å². The molecule has 0 spiro atoms. The second-order valence-corrected chi connectivity index (χ2v) is 6.96. The maximum Gasteiger partial charge on any atom is 0.243 e. The van der Waals surface area contributed by atoms with Crippen LogP contribution in [-0.4, -0.2) is 43.4 Å². The highest BCUT2D eigenvalue weighted by Crippen LogP contribution is 2.21. The molecule has 0 aliphatic carbocycles. The number of nitrogens with zero attached hydrogens (tertiary/aromatic N) is 2. The first kappa shape index (κ1) is 20.7. The highest BCUT2D eigenvalue weighted by molar-refractivity contribution is 5.95. The Labute approximate surface area is 167 Å². The fourth-order valence-electron chi connectivity index (χ4n) is 3.45. The van der Waals surface area contributed by atoms with Crippen LogP contribution in [0, 0.1) is 23.4 Å². The van der Waals surface area contributed by atoms with Gasteiger partial charge in [-0.25, -0.2) is 13.2 Å². The first-order valence-corrected chi connectivity index (χ1v) is 9.40. The number of carbonyl (C=O) groups excluding carboxylic acids is 1. The zero-order chi connectivity index (χ0) is 20.8. The lowest BCUT2D eigenvalue weighted by Gasteiger charge is -2.21. The van der Waals surface area contributed by atoms with Crippen LogP contribution >= 0.6 is 0 Å². The molecule has 1 fully saturated rings. The Hall–Kier alpha value is -3.03. The quantitative estimate of drug-likeness (QED) is 0.457. The third-order valence-electron chi connectivity index (χ3n) is 4.88. The minimum Gasteiger partial charge on any atom is -0.347 e. The number of rotatable bonds is 5. The van der Waals surface area contributed by atoms with Gasteiger partial charge in [-0.1, -0.05) is 30.3 Å². The molecule has 1 heterocycles. The molecule has 5 nitrogen and oxygen atoms in total. The van der Waals surface area contributed by atoms with Crippen LogP contribution in [0.5, 0.6) is 0 Å². The highest BCUT2D eigenvalue weighted by Gasteiger charge is 2.25. The van der Waals surface area contributed by atoms with Crippen molar-refractivity contribution >= 4 is 17.6 Å². The molecule has 8 heteroatoms. The van der Waals surface area contributed by atoms with Crippen LogP contribution in [0.2, 0.25) is 0 Å². The third kappa shape index (κ3) is 5.28. The Kier molecular flexibility index (Phi) is 6.74. The molecule has 0 bridgehead atoms. The van der Waals surface area contributed by atoms with Gasteiger partial charge < -0.3 is 15.5 Å². The van der Waals surface area contributed by atoms with E-state index in [4.69, 9.17) is 0 Å². The second-order valence-electron chi connectivity index (χ2n) is 6.96. The van der Waals surface area contributed by atoms with Crippen LogP contribution in [-0.2, 0) is 11.2 Å². The summed E-state index contributed by atoms with van der Waals surface area (Å²) in [5, 5.41) is 5.17. The van der Waals surface area contributed by atoms with Crippen molar-refractivity contribution in [3.63, 3.8) is 0 Å². The van der Waals surface area contributed by atoms with E-state index in [1.54, 1.807) is 7.05 Å². The molecule has 29 heavy (non-hydrogen) atoms.